The van der Waals surface area contributed by atoms with Crippen LogP contribution in [0.25, 0.3) is 0 Å². The Morgan fingerprint density at radius 3 is 2.63 bits per heavy atom. The van der Waals surface area contributed by atoms with E-state index in [1.54, 1.807) is 7.05 Å². The van der Waals surface area contributed by atoms with Gasteiger partial charge in [-0.1, -0.05) is 12.1 Å². The molecule has 19 heavy (non-hydrogen) atoms. The van der Waals surface area contributed by atoms with Crippen molar-refractivity contribution in [3.05, 3.63) is 65.0 Å². The molecular weight excluding hydrogens is 246 g/mol. The third kappa shape index (κ3) is 3.35. The van der Waals surface area contributed by atoms with Crippen molar-refractivity contribution in [2.75, 3.05) is 7.05 Å². The molecule has 1 N–H and O–H groups in total. The number of rotatable bonds is 4. The summed E-state index contributed by atoms with van der Waals surface area (Å²) in [6.45, 7) is 1.91. The molecule has 2 rings (SSSR count). The van der Waals surface area contributed by atoms with Gasteiger partial charge in [0, 0.05) is 11.8 Å². The summed E-state index contributed by atoms with van der Waals surface area (Å²) in [5.41, 5.74) is 2.24. The minimum atomic E-state index is -0.559. The first-order valence-corrected chi connectivity index (χ1v) is 6.15. The van der Waals surface area contributed by atoms with Crippen LogP contribution in [0.4, 0.5) is 8.78 Å². The van der Waals surface area contributed by atoms with Crippen LogP contribution in [0.2, 0.25) is 0 Å². The zero-order valence-corrected chi connectivity index (χ0v) is 11.0. The van der Waals surface area contributed by atoms with Crippen LogP contribution >= 0.6 is 0 Å². The maximum absolute atomic E-state index is 13.7. The van der Waals surface area contributed by atoms with Gasteiger partial charge >= 0.3 is 0 Å². The first-order chi connectivity index (χ1) is 9.10. The lowest BCUT2D eigenvalue weighted by Gasteiger charge is -2.16. The van der Waals surface area contributed by atoms with E-state index in [0.29, 0.717) is 12.0 Å². The lowest BCUT2D eigenvalue weighted by atomic mass is 10.0. The Morgan fingerprint density at radius 1 is 1.21 bits per heavy atom. The van der Waals surface area contributed by atoms with Crippen molar-refractivity contribution in [3.63, 3.8) is 0 Å². The highest BCUT2D eigenvalue weighted by Crippen LogP contribution is 2.19. The van der Waals surface area contributed by atoms with E-state index in [0.717, 1.165) is 17.5 Å². The third-order valence-electron chi connectivity index (χ3n) is 3.05. The maximum atomic E-state index is 13.7. The average Bonchev–Trinajstić information content (AvgIpc) is 2.38. The van der Waals surface area contributed by atoms with Crippen molar-refractivity contribution in [2.24, 2.45) is 0 Å². The third-order valence-corrected chi connectivity index (χ3v) is 3.05. The van der Waals surface area contributed by atoms with Crippen LogP contribution in [0.5, 0.6) is 0 Å². The fraction of sp³-hybridized carbons (Fsp3) is 0.267. The van der Waals surface area contributed by atoms with E-state index >= 15 is 0 Å². The summed E-state index contributed by atoms with van der Waals surface area (Å²) in [7, 11) is 1.80. The molecule has 0 amide bonds. The summed E-state index contributed by atoms with van der Waals surface area (Å²) in [6.07, 6.45) is 0.430. The molecule has 0 saturated heterocycles. The van der Waals surface area contributed by atoms with Crippen LogP contribution in [0, 0.1) is 18.6 Å². The molecule has 4 heteroatoms. The highest BCUT2D eigenvalue weighted by Gasteiger charge is 2.14. The zero-order valence-electron chi connectivity index (χ0n) is 11.0. The Kier molecular flexibility index (Phi) is 4.22. The molecule has 0 saturated carbocycles. The van der Waals surface area contributed by atoms with Crippen molar-refractivity contribution in [3.8, 4) is 0 Å². The lowest BCUT2D eigenvalue weighted by molar-refractivity contribution is 0.533. The van der Waals surface area contributed by atoms with Gasteiger partial charge in [0.25, 0.3) is 0 Å². The van der Waals surface area contributed by atoms with E-state index < -0.39 is 11.6 Å². The Bertz CT molecular complexity index is 570. The molecule has 2 nitrogen and oxygen atoms in total. The van der Waals surface area contributed by atoms with Crippen LogP contribution in [0.15, 0.2) is 36.4 Å². The van der Waals surface area contributed by atoms with Crippen LogP contribution in [0.1, 0.15) is 23.0 Å². The topological polar surface area (TPSA) is 24.9 Å². The van der Waals surface area contributed by atoms with Crippen molar-refractivity contribution in [2.45, 2.75) is 19.4 Å². The predicted octanol–water partition coefficient (Wildman–Crippen LogP) is 3.17. The largest absolute Gasteiger partial charge is 0.311 e. The van der Waals surface area contributed by atoms with Crippen LogP contribution in [-0.4, -0.2) is 12.0 Å². The molecule has 1 unspecified atom stereocenters. The van der Waals surface area contributed by atoms with E-state index in [9.17, 15) is 8.78 Å². The smallest absolute Gasteiger partial charge is 0.129 e. The second-order valence-corrected chi connectivity index (χ2v) is 4.48. The second-order valence-electron chi connectivity index (χ2n) is 4.48. The van der Waals surface area contributed by atoms with Gasteiger partial charge in [0.1, 0.15) is 11.6 Å². The van der Waals surface area contributed by atoms with Gasteiger partial charge in [-0.2, -0.15) is 0 Å². The van der Waals surface area contributed by atoms with Gasteiger partial charge in [0.05, 0.1) is 11.7 Å². The molecular formula is C15H16F2N2. The lowest BCUT2D eigenvalue weighted by Crippen LogP contribution is -2.20. The molecule has 2 aromatic rings. The van der Waals surface area contributed by atoms with Gasteiger partial charge in [-0.05, 0) is 44.2 Å². The monoisotopic (exact) mass is 262 g/mol. The number of pyridine rings is 1. The first-order valence-electron chi connectivity index (χ1n) is 6.15. The Hall–Kier alpha value is -1.81. The summed E-state index contributed by atoms with van der Waals surface area (Å²) in [6, 6.07) is 9.29. The molecule has 0 aliphatic carbocycles. The quantitative estimate of drug-likeness (QED) is 0.915. The molecule has 0 aliphatic heterocycles. The average molecular weight is 262 g/mol. The SMILES string of the molecule is CNC(Cc1ccc(F)cc1F)c1cccc(C)n1. The zero-order chi connectivity index (χ0) is 13.8. The number of halogens is 2. The van der Waals surface area contributed by atoms with E-state index in [-0.39, 0.29) is 6.04 Å². The van der Waals surface area contributed by atoms with Crippen LogP contribution in [-0.2, 0) is 6.42 Å². The number of aromatic nitrogens is 1. The highest BCUT2D eigenvalue weighted by molar-refractivity contribution is 5.22. The number of aryl methyl sites for hydroxylation is 1. The van der Waals surface area contributed by atoms with Crippen LogP contribution < -0.4 is 5.32 Å². The summed E-state index contributed by atoms with van der Waals surface area (Å²) >= 11 is 0. The number of nitrogens with zero attached hydrogens (tertiary/aromatic N) is 1. The minimum absolute atomic E-state index is 0.0974. The molecule has 0 spiro atoms. The van der Waals surface area contributed by atoms with E-state index in [4.69, 9.17) is 0 Å². The molecule has 1 aromatic carbocycles. The molecule has 0 fully saturated rings. The summed E-state index contributed by atoms with van der Waals surface area (Å²) in [5, 5.41) is 3.11. The summed E-state index contributed by atoms with van der Waals surface area (Å²) in [4.78, 5) is 4.43. The Balaban J connectivity index is 2.24. The van der Waals surface area contributed by atoms with Gasteiger partial charge < -0.3 is 5.32 Å². The van der Waals surface area contributed by atoms with Gasteiger partial charge in [0.15, 0.2) is 0 Å². The highest BCUT2D eigenvalue weighted by atomic mass is 19.1. The first kappa shape index (κ1) is 13.6. The number of hydrogen-bond acceptors (Lipinski definition) is 2. The van der Waals surface area contributed by atoms with E-state index in [2.05, 4.69) is 10.3 Å². The molecule has 100 valence electrons. The fourth-order valence-corrected chi connectivity index (χ4v) is 2.02. The van der Waals surface area contributed by atoms with E-state index in [1.165, 1.54) is 12.1 Å². The van der Waals surface area contributed by atoms with Gasteiger partial charge in [-0.3, -0.25) is 4.98 Å². The summed E-state index contributed by atoms with van der Waals surface area (Å²) < 4.78 is 26.5. The Labute approximate surface area is 111 Å². The predicted molar refractivity (Wildman–Crippen MR) is 70.8 cm³/mol. The van der Waals surface area contributed by atoms with E-state index in [1.807, 2.05) is 25.1 Å². The summed E-state index contributed by atoms with van der Waals surface area (Å²) in [5.74, 6) is -1.08. The standard InChI is InChI=1S/C15H16F2N2/c1-10-4-3-5-14(19-10)15(18-2)8-11-6-7-12(16)9-13(11)17/h3-7,9,15,18H,8H2,1-2H3. The van der Waals surface area contributed by atoms with Crippen molar-refractivity contribution in [1.29, 1.82) is 0 Å². The molecule has 0 bridgehead atoms. The number of hydrogen-bond donors (Lipinski definition) is 1. The molecule has 1 atom stereocenters. The van der Waals surface area contributed by atoms with Crippen LogP contribution in [0.3, 0.4) is 0 Å². The van der Waals surface area contributed by atoms with Crippen molar-refractivity contribution >= 4 is 0 Å². The molecule has 0 radical (unpaired) electrons. The Morgan fingerprint density at radius 2 is 2.00 bits per heavy atom. The van der Waals surface area contributed by atoms with Crippen molar-refractivity contribution < 1.29 is 8.78 Å². The molecule has 1 heterocycles. The molecule has 1 aromatic heterocycles. The second kappa shape index (κ2) is 5.89. The van der Waals surface area contributed by atoms with Gasteiger partial charge in [-0.15, -0.1) is 0 Å². The number of nitrogens with one attached hydrogen (secondary N) is 1. The minimum Gasteiger partial charge on any atom is -0.311 e. The molecule has 0 aliphatic rings. The fourth-order valence-electron chi connectivity index (χ4n) is 2.02. The number of likely N-dealkylation sites (N-methyl/N-ethyl adjacent to an activating group) is 1. The normalized spacial score (nSPS) is 12.4. The number of benzene rings is 1. The van der Waals surface area contributed by atoms with Crippen molar-refractivity contribution in [1.82, 2.24) is 10.3 Å². The van der Waals surface area contributed by atoms with Gasteiger partial charge in [-0.25, -0.2) is 8.78 Å². The van der Waals surface area contributed by atoms with Gasteiger partial charge in [0.2, 0.25) is 0 Å². The maximum Gasteiger partial charge on any atom is 0.129 e.